The highest BCUT2D eigenvalue weighted by atomic mass is 79.9. The summed E-state index contributed by atoms with van der Waals surface area (Å²) in [5.74, 6) is -1.77. The van der Waals surface area contributed by atoms with Gasteiger partial charge in [-0.05, 0) is 12.8 Å². The van der Waals surface area contributed by atoms with Gasteiger partial charge in [-0.15, -0.1) is 0 Å². The van der Waals surface area contributed by atoms with E-state index < -0.39 is 12.0 Å². The van der Waals surface area contributed by atoms with Gasteiger partial charge in [0, 0.05) is 9.90 Å². The largest absolute Gasteiger partial charge is 0.454 e. The Morgan fingerprint density at radius 3 is 2.59 bits per heavy atom. The van der Waals surface area contributed by atoms with E-state index in [1.54, 1.807) is 6.08 Å². The zero-order valence-electron chi connectivity index (χ0n) is 9.48. The minimum Gasteiger partial charge on any atom is -0.284 e. The molecule has 0 saturated carbocycles. The van der Waals surface area contributed by atoms with Crippen LogP contribution in [-0.4, -0.2) is 16.3 Å². The summed E-state index contributed by atoms with van der Waals surface area (Å²) in [7, 11) is 0. The number of ketones is 1. The molecule has 0 aromatic rings. The SMILES string of the molecule is CCCCC1(Br)C=CC(C(=O)C(F)(F)F)=CC1. The van der Waals surface area contributed by atoms with E-state index in [-0.39, 0.29) is 9.90 Å². The fourth-order valence-electron chi connectivity index (χ4n) is 1.64. The van der Waals surface area contributed by atoms with Crippen LogP contribution in [0, 0.1) is 0 Å². The molecule has 0 saturated heterocycles. The molecule has 1 rings (SSSR count). The molecule has 0 N–H and O–H groups in total. The Morgan fingerprint density at radius 1 is 1.53 bits per heavy atom. The Balaban J connectivity index is 2.69. The summed E-state index contributed by atoms with van der Waals surface area (Å²) in [5.41, 5.74) is -0.260. The van der Waals surface area contributed by atoms with E-state index in [0.717, 1.165) is 19.3 Å². The Kier molecular flexibility index (Phi) is 4.58. The fourth-order valence-corrected chi connectivity index (χ4v) is 2.22. The first-order chi connectivity index (χ1) is 7.78. The molecule has 1 unspecified atom stereocenters. The van der Waals surface area contributed by atoms with Crippen molar-refractivity contribution in [2.24, 2.45) is 0 Å². The fraction of sp³-hybridized carbons (Fsp3) is 0.583. The zero-order valence-corrected chi connectivity index (χ0v) is 11.1. The first kappa shape index (κ1) is 14.5. The second-order valence-electron chi connectivity index (χ2n) is 4.16. The predicted octanol–water partition coefficient (Wildman–Crippen LogP) is 4.33. The number of allylic oxidation sites excluding steroid dienone is 4. The second kappa shape index (κ2) is 5.38. The molecule has 0 aliphatic heterocycles. The summed E-state index contributed by atoms with van der Waals surface area (Å²) < 4.78 is 36.3. The molecule has 96 valence electrons. The van der Waals surface area contributed by atoms with Gasteiger partial charge in [-0.2, -0.15) is 13.2 Å². The third-order valence-electron chi connectivity index (χ3n) is 2.69. The maximum atomic E-state index is 12.2. The minimum absolute atomic E-state index is 0.260. The normalized spacial score (nSPS) is 24.6. The van der Waals surface area contributed by atoms with Gasteiger partial charge in [0.05, 0.1) is 0 Å². The number of carbonyl (C=O) groups is 1. The second-order valence-corrected chi connectivity index (χ2v) is 5.74. The van der Waals surface area contributed by atoms with Crippen molar-refractivity contribution >= 4 is 21.7 Å². The topological polar surface area (TPSA) is 17.1 Å². The number of carbonyl (C=O) groups excluding carboxylic acids is 1. The van der Waals surface area contributed by atoms with Gasteiger partial charge in [-0.1, -0.05) is 53.9 Å². The molecule has 0 spiro atoms. The van der Waals surface area contributed by atoms with E-state index in [4.69, 9.17) is 0 Å². The van der Waals surface area contributed by atoms with Crippen LogP contribution in [0.4, 0.5) is 13.2 Å². The molecule has 1 atom stereocenters. The van der Waals surface area contributed by atoms with Crippen molar-refractivity contribution in [3.05, 3.63) is 23.8 Å². The summed E-state index contributed by atoms with van der Waals surface area (Å²) >= 11 is 3.50. The molecule has 0 heterocycles. The molecule has 0 fully saturated rings. The summed E-state index contributed by atoms with van der Waals surface area (Å²) in [4.78, 5) is 11.0. The lowest BCUT2D eigenvalue weighted by molar-refractivity contribution is -0.166. The van der Waals surface area contributed by atoms with Crippen LogP contribution in [0.25, 0.3) is 0 Å². The lowest BCUT2D eigenvalue weighted by Crippen LogP contribution is -2.27. The number of alkyl halides is 4. The average molecular weight is 311 g/mol. The van der Waals surface area contributed by atoms with Gasteiger partial charge in [0.1, 0.15) is 0 Å². The lowest BCUT2D eigenvalue weighted by Gasteiger charge is -2.25. The van der Waals surface area contributed by atoms with Crippen LogP contribution < -0.4 is 0 Å². The monoisotopic (exact) mass is 310 g/mol. The highest BCUT2D eigenvalue weighted by Gasteiger charge is 2.40. The number of Topliss-reactive ketones (excluding diaryl/α,β-unsaturated/α-hetero) is 1. The van der Waals surface area contributed by atoms with Gasteiger partial charge in [0.15, 0.2) is 0 Å². The number of rotatable bonds is 4. The van der Waals surface area contributed by atoms with Gasteiger partial charge in [0.25, 0.3) is 5.78 Å². The van der Waals surface area contributed by atoms with E-state index in [1.165, 1.54) is 12.2 Å². The van der Waals surface area contributed by atoms with Gasteiger partial charge in [-0.3, -0.25) is 4.79 Å². The molecule has 0 aromatic heterocycles. The summed E-state index contributed by atoms with van der Waals surface area (Å²) in [5, 5.41) is 0. The highest BCUT2D eigenvalue weighted by molar-refractivity contribution is 9.10. The van der Waals surface area contributed by atoms with E-state index in [2.05, 4.69) is 22.9 Å². The Morgan fingerprint density at radius 2 is 2.18 bits per heavy atom. The van der Waals surface area contributed by atoms with Crippen LogP contribution in [0.15, 0.2) is 23.8 Å². The van der Waals surface area contributed by atoms with E-state index in [9.17, 15) is 18.0 Å². The molecular formula is C12H14BrF3O. The molecule has 0 aromatic carbocycles. The molecule has 17 heavy (non-hydrogen) atoms. The molecule has 1 aliphatic carbocycles. The summed E-state index contributed by atoms with van der Waals surface area (Å²) in [6.45, 7) is 2.05. The first-order valence-corrected chi connectivity index (χ1v) is 6.27. The smallest absolute Gasteiger partial charge is 0.284 e. The molecule has 0 bridgehead atoms. The Hall–Kier alpha value is -0.580. The van der Waals surface area contributed by atoms with Crippen LogP contribution >= 0.6 is 15.9 Å². The number of hydrogen-bond donors (Lipinski definition) is 0. The maximum Gasteiger partial charge on any atom is 0.454 e. The van der Waals surface area contributed by atoms with Crippen molar-refractivity contribution in [1.82, 2.24) is 0 Å². The van der Waals surface area contributed by atoms with Gasteiger partial charge in [-0.25, -0.2) is 0 Å². The first-order valence-electron chi connectivity index (χ1n) is 5.48. The van der Waals surface area contributed by atoms with Crippen molar-refractivity contribution < 1.29 is 18.0 Å². The Bertz CT molecular complexity index is 357. The van der Waals surface area contributed by atoms with E-state index in [0.29, 0.717) is 6.42 Å². The van der Waals surface area contributed by atoms with Crippen LogP contribution in [0.5, 0.6) is 0 Å². The summed E-state index contributed by atoms with van der Waals surface area (Å²) in [6.07, 6.45) is 2.79. The van der Waals surface area contributed by atoms with E-state index in [1.807, 2.05) is 0 Å². The van der Waals surface area contributed by atoms with Crippen LogP contribution in [0.2, 0.25) is 0 Å². The number of halogens is 4. The molecule has 1 aliphatic rings. The highest BCUT2D eigenvalue weighted by Crippen LogP contribution is 2.36. The predicted molar refractivity (Wildman–Crippen MR) is 64.1 cm³/mol. The van der Waals surface area contributed by atoms with Gasteiger partial charge >= 0.3 is 6.18 Å². The van der Waals surface area contributed by atoms with Crippen molar-refractivity contribution in [3.8, 4) is 0 Å². The molecule has 5 heteroatoms. The standard InChI is InChI=1S/C12H14BrF3O/c1-2-3-6-11(13)7-4-9(5-8-11)10(17)12(14,15)16/h4-5,7H,2-3,6,8H2,1H3. The van der Waals surface area contributed by atoms with Crippen LogP contribution in [-0.2, 0) is 4.79 Å². The van der Waals surface area contributed by atoms with Gasteiger partial charge < -0.3 is 0 Å². The van der Waals surface area contributed by atoms with Crippen molar-refractivity contribution in [1.29, 1.82) is 0 Å². The van der Waals surface area contributed by atoms with Crippen molar-refractivity contribution in [3.63, 3.8) is 0 Å². The average Bonchev–Trinajstić information content (AvgIpc) is 2.25. The van der Waals surface area contributed by atoms with Crippen molar-refractivity contribution in [2.45, 2.75) is 43.1 Å². The Labute approximate surface area is 107 Å². The molecule has 1 nitrogen and oxygen atoms in total. The third kappa shape index (κ3) is 3.98. The number of unbranched alkanes of at least 4 members (excludes halogenated alkanes) is 1. The molecule has 0 amide bonds. The maximum absolute atomic E-state index is 12.2. The quantitative estimate of drug-likeness (QED) is 0.706. The van der Waals surface area contributed by atoms with Crippen LogP contribution in [0.1, 0.15) is 32.6 Å². The van der Waals surface area contributed by atoms with Crippen molar-refractivity contribution in [2.75, 3.05) is 0 Å². The zero-order chi connectivity index (χ0) is 13.1. The summed E-state index contributed by atoms with van der Waals surface area (Å²) in [6, 6.07) is 0. The van der Waals surface area contributed by atoms with Crippen LogP contribution in [0.3, 0.4) is 0 Å². The van der Waals surface area contributed by atoms with Gasteiger partial charge in [0.2, 0.25) is 0 Å². The lowest BCUT2D eigenvalue weighted by atomic mass is 9.90. The third-order valence-corrected chi connectivity index (χ3v) is 3.67. The molecule has 0 radical (unpaired) electrons. The minimum atomic E-state index is -4.79. The molecular weight excluding hydrogens is 297 g/mol. The number of hydrogen-bond acceptors (Lipinski definition) is 1. The van der Waals surface area contributed by atoms with E-state index >= 15 is 0 Å².